The Morgan fingerprint density at radius 2 is 2.02 bits per heavy atom. The van der Waals surface area contributed by atoms with Gasteiger partial charge in [0.05, 0.1) is 65.4 Å². The summed E-state index contributed by atoms with van der Waals surface area (Å²) in [7, 11) is 1.80. The quantitative estimate of drug-likeness (QED) is 0.334. The minimum Gasteiger partial charge on any atom is -0.389 e. The number of benzene rings is 1. The van der Waals surface area contributed by atoms with Gasteiger partial charge in [0.2, 0.25) is 0 Å². The zero-order chi connectivity index (χ0) is 27.8. The number of aromatic amines is 1. The Morgan fingerprint density at radius 1 is 1.23 bits per heavy atom. The lowest BCUT2D eigenvalue weighted by atomic mass is 9.92. The van der Waals surface area contributed by atoms with Crippen molar-refractivity contribution in [2.24, 2.45) is 7.05 Å². The molecule has 2 aliphatic heterocycles. The van der Waals surface area contributed by atoms with E-state index in [1.807, 2.05) is 17.0 Å². The Hall–Kier alpha value is -3.73. The molecule has 6 heterocycles. The van der Waals surface area contributed by atoms with Crippen LogP contribution in [0.3, 0.4) is 0 Å². The van der Waals surface area contributed by atoms with Crippen LogP contribution in [0.1, 0.15) is 50.8 Å². The summed E-state index contributed by atoms with van der Waals surface area (Å²) in [6.45, 7) is 7.98. The van der Waals surface area contributed by atoms with Crippen LogP contribution in [0.4, 0.5) is 0 Å². The van der Waals surface area contributed by atoms with Crippen molar-refractivity contribution in [1.82, 2.24) is 28.9 Å². The van der Waals surface area contributed by atoms with Crippen LogP contribution >= 0.6 is 0 Å². The SMILES string of the molecule is CC1c2cc(COC3CCOCC3)ccc2-c2c(-c3cnn(CC(C)(C)O)c3)[nH]c3ncc4c(c23)n1c(=O)n4C. The number of fused-ring (bicyclic) bond motifs is 2. The highest BCUT2D eigenvalue weighted by molar-refractivity contribution is 6.15. The molecule has 4 aromatic heterocycles. The van der Waals surface area contributed by atoms with E-state index in [2.05, 4.69) is 35.2 Å². The number of aryl methyl sites for hydroxylation is 1. The van der Waals surface area contributed by atoms with Crippen LogP contribution in [0.25, 0.3) is 44.5 Å². The number of pyridine rings is 1. The van der Waals surface area contributed by atoms with Gasteiger partial charge in [-0.2, -0.15) is 5.10 Å². The standard InChI is InChI=1S/C30H34N6O4/c1-17-22-11-18(15-40-20-7-9-39-10-8-20)5-6-21(22)24-25-27-23(34(4)29(37)36(17)27)13-31-28(25)33-26(24)19-12-32-35(14-19)16-30(2,3)38/h5-6,11-14,17,20,38H,7-10,15-16H2,1-4H3,(H,31,33). The van der Waals surface area contributed by atoms with Crippen LogP contribution in [-0.2, 0) is 29.7 Å². The fraction of sp³-hybridized carbons (Fsp3) is 0.433. The molecule has 1 fully saturated rings. The molecule has 0 radical (unpaired) electrons. The number of aromatic nitrogens is 6. The third-order valence-electron chi connectivity index (χ3n) is 8.22. The first-order chi connectivity index (χ1) is 19.2. The first kappa shape index (κ1) is 25.3. The van der Waals surface area contributed by atoms with Crippen molar-refractivity contribution in [3.8, 4) is 22.4 Å². The Morgan fingerprint density at radius 3 is 2.80 bits per heavy atom. The van der Waals surface area contributed by atoms with E-state index in [9.17, 15) is 9.90 Å². The van der Waals surface area contributed by atoms with Gasteiger partial charge in [-0.1, -0.05) is 18.2 Å². The van der Waals surface area contributed by atoms with Gasteiger partial charge < -0.3 is 19.6 Å². The molecular weight excluding hydrogens is 508 g/mol. The molecule has 40 heavy (non-hydrogen) atoms. The van der Waals surface area contributed by atoms with E-state index in [1.54, 1.807) is 36.3 Å². The zero-order valence-corrected chi connectivity index (χ0v) is 23.3. The lowest BCUT2D eigenvalue weighted by molar-refractivity contribution is -0.0390. The summed E-state index contributed by atoms with van der Waals surface area (Å²) in [6.07, 6.45) is 7.55. The molecule has 0 spiro atoms. The van der Waals surface area contributed by atoms with Gasteiger partial charge in [0.25, 0.3) is 0 Å². The molecule has 2 aliphatic rings. The van der Waals surface area contributed by atoms with E-state index >= 15 is 0 Å². The summed E-state index contributed by atoms with van der Waals surface area (Å²) in [5, 5.41) is 15.8. The van der Waals surface area contributed by atoms with Gasteiger partial charge in [-0.25, -0.2) is 9.78 Å². The van der Waals surface area contributed by atoms with E-state index in [4.69, 9.17) is 14.5 Å². The molecule has 0 saturated carbocycles. The molecule has 10 nitrogen and oxygen atoms in total. The molecule has 0 bridgehead atoms. The smallest absolute Gasteiger partial charge is 0.329 e. The van der Waals surface area contributed by atoms with E-state index < -0.39 is 5.60 Å². The zero-order valence-electron chi connectivity index (χ0n) is 23.3. The largest absolute Gasteiger partial charge is 0.389 e. The molecular formula is C30H34N6O4. The van der Waals surface area contributed by atoms with Crippen LogP contribution in [0.5, 0.6) is 0 Å². The third kappa shape index (κ3) is 4.01. The molecule has 10 heteroatoms. The fourth-order valence-electron chi connectivity index (χ4n) is 6.27. The summed E-state index contributed by atoms with van der Waals surface area (Å²) in [6, 6.07) is 6.26. The van der Waals surface area contributed by atoms with Crippen LogP contribution in [-0.4, -0.2) is 58.9 Å². The van der Waals surface area contributed by atoms with Gasteiger partial charge in [-0.05, 0) is 50.3 Å². The second kappa shape index (κ2) is 9.15. The molecule has 7 rings (SSSR count). The monoisotopic (exact) mass is 542 g/mol. The second-order valence-corrected chi connectivity index (χ2v) is 11.8. The van der Waals surface area contributed by atoms with E-state index in [1.165, 1.54) is 0 Å². The average Bonchev–Trinajstić information content (AvgIpc) is 3.59. The number of hydrogen-bond donors (Lipinski definition) is 2. The number of aliphatic hydroxyl groups is 1. The second-order valence-electron chi connectivity index (χ2n) is 11.8. The maximum Gasteiger partial charge on any atom is 0.329 e. The minimum atomic E-state index is -0.894. The summed E-state index contributed by atoms with van der Waals surface area (Å²) < 4.78 is 17.1. The van der Waals surface area contributed by atoms with Crippen molar-refractivity contribution >= 4 is 22.1 Å². The predicted octanol–water partition coefficient (Wildman–Crippen LogP) is 4.14. The molecule has 5 aromatic rings. The first-order valence-electron chi connectivity index (χ1n) is 13.9. The third-order valence-corrected chi connectivity index (χ3v) is 8.22. The summed E-state index contributed by atoms with van der Waals surface area (Å²) in [4.78, 5) is 21.9. The van der Waals surface area contributed by atoms with Crippen LogP contribution in [0.15, 0.2) is 41.6 Å². The van der Waals surface area contributed by atoms with Crippen molar-refractivity contribution in [3.05, 3.63) is 58.4 Å². The van der Waals surface area contributed by atoms with Crippen molar-refractivity contribution in [3.63, 3.8) is 0 Å². The number of hydrogen-bond acceptors (Lipinski definition) is 6. The van der Waals surface area contributed by atoms with Crippen molar-refractivity contribution in [2.75, 3.05) is 13.2 Å². The highest BCUT2D eigenvalue weighted by Gasteiger charge is 2.31. The summed E-state index contributed by atoms with van der Waals surface area (Å²) in [5.41, 5.74) is 7.41. The normalized spacial score (nSPS) is 17.7. The Labute approximate surface area is 231 Å². The number of nitrogens with one attached hydrogen (secondary N) is 1. The van der Waals surface area contributed by atoms with Crippen molar-refractivity contribution in [2.45, 2.75) is 64.5 Å². The minimum absolute atomic E-state index is 0.0693. The lowest BCUT2D eigenvalue weighted by Gasteiger charge is -2.23. The van der Waals surface area contributed by atoms with Crippen molar-refractivity contribution < 1.29 is 14.6 Å². The molecule has 1 saturated heterocycles. The lowest BCUT2D eigenvalue weighted by Crippen LogP contribution is -2.26. The average molecular weight is 543 g/mol. The topological polar surface area (TPSA) is 112 Å². The molecule has 1 unspecified atom stereocenters. The number of imidazole rings is 1. The van der Waals surface area contributed by atoms with Gasteiger partial charge in [0.1, 0.15) is 5.65 Å². The first-order valence-corrected chi connectivity index (χ1v) is 13.9. The van der Waals surface area contributed by atoms with Gasteiger partial charge >= 0.3 is 5.69 Å². The van der Waals surface area contributed by atoms with E-state index in [-0.39, 0.29) is 17.8 Å². The van der Waals surface area contributed by atoms with E-state index in [0.29, 0.717) is 13.2 Å². The van der Waals surface area contributed by atoms with Crippen LogP contribution in [0.2, 0.25) is 0 Å². The maximum absolute atomic E-state index is 13.6. The molecule has 1 atom stereocenters. The molecule has 2 N–H and O–H groups in total. The number of nitrogens with zero attached hydrogens (tertiary/aromatic N) is 5. The Bertz CT molecular complexity index is 1810. The molecule has 0 amide bonds. The highest BCUT2D eigenvalue weighted by atomic mass is 16.5. The number of ether oxygens (including phenoxy) is 2. The Balaban J connectivity index is 1.42. The summed E-state index contributed by atoms with van der Waals surface area (Å²) >= 11 is 0. The number of H-pyrrole nitrogens is 1. The van der Waals surface area contributed by atoms with Gasteiger partial charge in [-0.3, -0.25) is 13.8 Å². The molecule has 208 valence electrons. The molecule has 0 aliphatic carbocycles. The van der Waals surface area contributed by atoms with Crippen molar-refractivity contribution in [1.29, 1.82) is 0 Å². The van der Waals surface area contributed by atoms with Crippen LogP contribution < -0.4 is 5.69 Å². The van der Waals surface area contributed by atoms with Crippen LogP contribution in [0, 0.1) is 0 Å². The maximum atomic E-state index is 13.6. The highest BCUT2D eigenvalue weighted by Crippen LogP contribution is 2.46. The predicted molar refractivity (Wildman–Crippen MR) is 152 cm³/mol. The Kier molecular flexibility index (Phi) is 5.78. The van der Waals surface area contributed by atoms with Gasteiger partial charge in [0.15, 0.2) is 0 Å². The van der Waals surface area contributed by atoms with Gasteiger partial charge in [0, 0.05) is 37.6 Å². The van der Waals surface area contributed by atoms with E-state index in [0.717, 1.165) is 81.6 Å². The molecule has 1 aromatic carbocycles. The van der Waals surface area contributed by atoms with Gasteiger partial charge in [-0.15, -0.1) is 0 Å². The fourth-order valence-corrected chi connectivity index (χ4v) is 6.27. The summed E-state index contributed by atoms with van der Waals surface area (Å²) in [5.74, 6) is 0. The number of rotatable bonds is 6.